The van der Waals surface area contributed by atoms with E-state index in [9.17, 15) is 4.79 Å². The first-order valence-electron chi connectivity index (χ1n) is 7.37. The van der Waals surface area contributed by atoms with Crippen LogP contribution in [0.3, 0.4) is 0 Å². The van der Waals surface area contributed by atoms with Crippen LogP contribution >= 0.6 is 35.0 Å². The number of amides is 1. The monoisotopic (exact) mass is 409 g/mol. The van der Waals surface area contributed by atoms with E-state index >= 15 is 0 Å². The second-order valence-corrected chi connectivity index (χ2v) is 6.88. The summed E-state index contributed by atoms with van der Waals surface area (Å²) in [7, 11) is 1.60. The number of tetrazole rings is 1. The smallest absolute Gasteiger partial charge is 0.234 e. The SMILES string of the molecule is COc1ccc(-n2nnnc2SCC(=O)Nc2cc(Cl)cc(Cl)c2)cc1. The lowest BCUT2D eigenvalue weighted by atomic mass is 10.3. The first kappa shape index (κ1) is 18.5. The molecule has 10 heteroatoms. The number of hydrogen-bond acceptors (Lipinski definition) is 6. The predicted octanol–water partition coefficient (Wildman–Crippen LogP) is 3.71. The van der Waals surface area contributed by atoms with Gasteiger partial charge in [-0.15, -0.1) is 5.10 Å². The third-order valence-corrected chi connectivity index (χ3v) is 4.59. The first-order chi connectivity index (χ1) is 12.5. The highest BCUT2D eigenvalue weighted by molar-refractivity contribution is 7.99. The lowest BCUT2D eigenvalue weighted by Crippen LogP contribution is -2.14. The van der Waals surface area contributed by atoms with Gasteiger partial charge in [0.25, 0.3) is 0 Å². The zero-order valence-electron chi connectivity index (χ0n) is 13.5. The fourth-order valence-corrected chi connectivity index (χ4v) is 3.32. The van der Waals surface area contributed by atoms with Crippen LogP contribution in [0.1, 0.15) is 0 Å². The molecule has 0 saturated carbocycles. The zero-order valence-corrected chi connectivity index (χ0v) is 15.8. The molecule has 26 heavy (non-hydrogen) atoms. The van der Waals surface area contributed by atoms with E-state index in [2.05, 4.69) is 20.8 Å². The molecule has 0 radical (unpaired) electrons. The van der Waals surface area contributed by atoms with Crippen LogP contribution < -0.4 is 10.1 Å². The van der Waals surface area contributed by atoms with Gasteiger partial charge in [0.1, 0.15) is 5.75 Å². The van der Waals surface area contributed by atoms with Gasteiger partial charge < -0.3 is 10.1 Å². The van der Waals surface area contributed by atoms with Gasteiger partial charge >= 0.3 is 0 Å². The molecular formula is C16H13Cl2N5O2S. The number of halogens is 2. The van der Waals surface area contributed by atoms with Gasteiger partial charge in [-0.25, -0.2) is 0 Å². The van der Waals surface area contributed by atoms with Crippen LogP contribution in [0.4, 0.5) is 5.69 Å². The second kappa shape index (κ2) is 8.39. The van der Waals surface area contributed by atoms with Gasteiger partial charge in [0, 0.05) is 15.7 Å². The average molecular weight is 410 g/mol. The maximum Gasteiger partial charge on any atom is 0.234 e. The molecule has 1 aromatic heterocycles. The van der Waals surface area contributed by atoms with Crippen LogP contribution in [-0.2, 0) is 4.79 Å². The Bertz CT molecular complexity index is 897. The van der Waals surface area contributed by atoms with Crippen molar-refractivity contribution in [3.63, 3.8) is 0 Å². The van der Waals surface area contributed by atoms with Gasteiger partial charge in [0.05, 0.1) is 18.6 Å². The number of anilines is 1. The summed E-state index contributed by atoms with van der Waals surface area (Å²) >= 11 is 13.1. The maximum absolute atomic E-state index is 12.1. The molecule has 134 valence electrons. The summed E-state index contributed by atoms with van der Waals surface area (Å²) in [6, 6.07) is 12.1. The van der Waals surface area contributed by atoms with Crippen molar-refractivity contribution >= 4 is 46.6 Å². The van der Waals surface area contributed by atoms with E-state index < -0.39 is 0 Å². The summed E-state index contributed by atoms with van der Waals surface area (Å²) in [5.74, 6) is 0.633. The van der Waals surface area contributed by atoms with Crippen LogP contribution in [0.5, 0.6) is 5.75 Å². The number of carbonyl (C=O) groups is 1. The van der Waals surface area contributed by atoms with Crippen molar-refractivity contribution in [2.24, 2.45) is 0 Å². The molecule has 1 heterocycles. The molecule has 0 fully saturated rings. The highest BCUT2D eigenvalue weighted by Crippen LogP contribution is 2.24. The van der Waals surface area contributed by atoms with E-state index in [1.165, 1.54) is 11.8 Å². The Morgan fingerprint density at radius 2 is 1.88 bits per heavy atom. The predicted molar refractivity (Wildman–Crippen MR) is 102 cm³/mol. The van der Waals surface area contributed by atoms with Gasteiger partial charge in [-0.2, -0.15) is 4.68 Å². The highest BCUT2D eigenvalue weighted by Gasteiger charge is 2.12. The van der Waals surface area contributed by atoms with Crippen molar-refractivity contribution in [2.75, 3.05) is 18.2 Å². The molecule has 3 aromatic rings. The standard InChI is InChI=1S/C16H13Cl2N5O2S/c1-25-14-4-2-13(3-5-14)23-16(20-21-22-23)26-9-15(24)19-12-7-10(17)6-11(18)8-12/h2-8H,9H2,1H3,(H,19,24). The normalized spacial score (nSPS) is 10.6. The third kappa shape index (κ3) is 4.66. The van der Waals surface area contributed by atoms with Crippen molar-refractivity contribution < 1.29 is 9.53 Å². The highest BCUT2D eigenvalue weighted by atomic mass is 35.5. The molecule has 0 spiro atoms. The minimum atomic E-state index is -0.224. The zero-order chi connectivity index (χ0) is 18.5. The van der Waals surface area contributed by atoms with E-state index in [1.807, 2.05) is 12.1 Å². The lowest BCUT2D eigenvalue weighted by molar-refractivity contribution is -0.113. The Balaban J connectivity index is 1.64. The topological polar surface area (TPSA) is 81.9 Å². The van der Waals surface area contributed by atoms with Crippen molar-refractivity contribution in [1.29, 1.82) is 0 Å². The number of rotatable bonds is 6. The molecule has 1 amide bonds. The van der Waals surface area contributed by atoms with Crippen molar-refractivity contribution in [1.82, 2.24) is 20.2 Å². The Hall–Kier alpha value is -2.29. The number of ether oxygens (including phenoxy) is 1. The van der Waals surface area contributed by atoms with Gasteiger partial charge in [0.15, 0.2) is 0 Å². The first-order valence-corrected chi connectivity index (χ1v) is 9.11. The molecule has 3 rings (SSSR count). The van der Waals surface area contributed by atoms with Gasteiger partial charge in [-0.1, -0.05) is 35.0 Å². The summed E-state index contributed by atoms with van der Waals surface area (Å²) in [6.45, 7) is 0. The Kier molecular flexibility index (Phi) is 5.97. The van der Waals surface area contributed by atoms with E-state index in [0.29, 0.717) is 20.9 Å². The van der Waals surface area contributed by atoms with Gasteiger partial charge in [-0.3, -0.25) is 4.79 Å². The number of methoxy groups -OCH3 is 1. The molecular weight excluding hydrogens is 397 g/mol. The molecule has 0 unspecified atom stereocenters. The minimum Gasteiger partial charge on any atom is -0.497 e. The largest absolute Gasteiger partial charge is 0.497 e. The van der Waals surface area contributed by atoms with Crippen molar-refractivity contribution in [3.8, 4) is 11.4 Å². The summed E-state index contributed by atoms with van der Waals surface area (Å²) in [5.41, 5.74) is 1.29. The van der Waals surface area contributed by atoms with Crippen LogP contribution in [-0.4, -0.2) is 39.0 Å². The molecule has 1 N–H and O–H groups in total. The van der Waals surface area contributed by atoms with Crippen LogP contribution in [0.15, 0.2) is 47.6 Å². The Morgan fingerprint density at radius 3 is 2.54 bits per heavy atom. The maximum atomic E-state index is 12.1. The van der Waals surface area contributed by atoms with Crippen LogP contribution in [0, 0.1) is 0 Å². The fraction of sp³-hybridized carbons (Fsp3) is 0.125. The minimum absolute atomic E-state index is 0.126. The Morgan fingerprint density at radius 1 is 1.19 bits per heavy atom. The molecule has 0 aliphatic rings. The van der Waals surface area contributed by atoms with E-state index in [-0.39, 0.29) is 11.7 Å². The van der Waals surface area contributed by atoms with Crippen LogP contribution in [0.25, 0.3) is 5.69 Å². The molecule has 0 aliphatic carbocycles. The number of hydrogen-bond donors (Lipinski definition) is 1. The molecule has 7 nitrogen and oxygen atoms in total. The lowest BCUT2D eigenvalue weighted by Gasteiger charge is -2.07. The summed E-state index contributed by atoms with van der Waals surface area (Å²) in [4.78, 5) is 12.1. The van der Waals surface area contributed by atoms with Crippen molar-refractivity contribution in [3.05, 3.63) is 52.5 Å². The number of nitrogens with zero attached hydrogens (tertiary/aromatic N) is 4. The number of nitrogens with one attached hydrogen (secondary N) is 1. The quantitative estimate of drug-likeness (QED) is 0.624. The number of thioether (sulfide) groups is 1. The molecule has 0 atom stereocenters. The molecule has 0 bridgehead atoms. The fourth-order valence-electron chi connectivity index (χ4n) is 2.11. The number of carbonyl (C=O) groups excluding carboxylic acids is 1. The summed E-state index contributed by atoms with van der Waals surface area (Å²) < 4.78 is 6.68. The molecule has 0 aliphatic heterocycles. The third-order valence-electron chi connectivity index (χ3n) is 3.24. The van der Waals surface area contributed by atoms with Crippen LogP contribution in [0.2, 0.25) is 10.0 Å². The van der Waals surface area contributed by atoms with E-state index in [0.717, 1.165) is 11.4 Å². The number of aromatic nitrogens is 4. The second-order valence-electron chi connectivity index (χ2n) is 5.07. The van der Waals surface area contributed by atoms with Crippen molar-refractivity contribution in [2.45, 2.75) is 5.16 Å². The summed E-state index contributed by atoms with van der Waals surface area (Å²) in [5, 5.41) is 15.7. The van der Waals surface area contributed by atoms with E-state index in [4.69, 9.17) is 27.9 Å². The number of benzene rings is 2. The average Bonchev–Trinajstić information content (AvgIpc) is 3.07. The molecule has 2 aromatic carbocycles. The summed E-state index contributed by atoms with van der Waals surface area (Å²) in [6.07, 6.45) is 0. The van der Waals surface area contributed by atoms with E-state index in [1.54, 1.807) is 42.1 Å². The van der Waals surface area contributed by atoms with Gasteiger partial charge in [0.2, 0.25) is 11.1 Å². The molecule has 0 saturated heterocycles. The Labute approximate surface area is 163 Å². The van der Waals surface area contributed by atoms with Gasteiger partial charge in [-0.05, 0) is 52.9 Å².